The molecule has 0 amide bonds. The Labute approximate surface area is 105 Å². The van der Waals surface area contributed by atoms with Crippen molar-refractivity contribution in [2.24, 2.45) is 0 Å². The topological polar surface area (TPSA) is 66.8 Å². The third-order valence-corrected chi connectivity index (χ3v) is 2.44. The molecule has 0 bridgehead atoms. The Morgan fingerprint density at radius 1 is 1.00 bits per heavy atom. The first-order valence-electron chi connectivity index (χ1n) is 5.39. The van der Waals surface area contributed by atoms with Crippen molar-refractivity contribution < 1.29 is 19.6 Å². The zero-order valence-electron chi connectivity index (χ0n) is 9.48. The van der Waals surface area contributed by atoms with E-state index < -0.39 is 7.12 Å². The average molecular weight is 242 g/mol. The summed E-state index contributed by atoms with van der Waals surface area (Å²) in [4.78, 5) is 10.9. The largest absolute Gasteiger partial charge is 0.489 e. The van der Waals surface area contributed by atoms with Crippen molar-refractivity contribution in [3.8, 4) is 11.5 Å². The zero-order chi connectivity index (χ0) is 13.0. The number of aldehydes is 1. The highest BCUT2D eigenvalue weighted by atomic mass is 16.5. The van der Waals surface area contributed by atoms with E-state index in [4.69, 9.17) is 14.8 Å². The molecule has 0 aliphatic rings. The van der Waals surface area contributed by atoms with Crippen LogP contribution < -0.4 is 10.2 Å². The van der Waals surface area contributed by atoms with Crippen LogP contribution in [0.25, 0.3) is 0 Å². The molecular weight excluding hydrogens is 231 g/mol. The van der Waals surface area contributed by atoms with Gasteiger partial charge in [-0.1, -0.05) is 24.3 Å². The van der Waals surface area contributed by atoms with Crippen LogP contribution in [0.2, 0.25) is 0 Å². The van der Waals surface area contributed by atoms with E-state index in [2.05, 4.69) is 0 Å². The second kappa shape index (κ2) is 5.49. The molecule has 2 aromatic carbocycles. The van der Waals surface area contributed by atoms with Crippen molar-refractivity contribution >= 4 is 18.9 Å². The highest BCUT2D eigenvalue weighted by Crippen LogP contribution is 2.20. The number of carbonyl (C=O) groups excluding carboxylic acids is 1. The summed E-state index contributed by atoms with van der Waals surface area (Å²) < 4.78 is 5.53. The number of carbonyl (C=O) groups is 1. The molecule has 0 saturated heterocycles. The van der Waals surface area contributed by atoms with Gasteiger partial charge < -0.3 is 14.8 Å². The van der Waals surface area contributed by atoms with Crippen LogP contribution in [0.5, 0.6) is 11.5 Å². The quantitative estimate of drug-likeness (QED) is 0.619. The Morgan fingerprint density at radius 3 is 2.33 bits per heavy atom. The molecule has 5 heteroatoms. The van der Waals surface area contributed by atoms with Crippen molar-refractivity contribution in [3.05, 3.63) is 54.1 Å². The lowest BCUT2D eigenvalue weighted by Crippen LogP contribution is -2.32. The molecule has 2 rings (SSSR count). The van der Waals surface area contributed by atoms with Gasteiger partial charge in [-0.25, -0.2) is 0 Å². The summed E-state index contributed by atoms with van der Waals surface area (Å²) in [5.74, 6) is 1.11. The molecule has 0 aromatic heterocycles. The molecule has 2 aromatic rings. The normalized spacial score (nSPS) is 9.89. The predicted molar refractivity (Wildman–Crippen MR) is 68.2 cm³/mol. The lowest BCUT2D eigenvalue weighted by Gasteiger charge is -2.08. The first-order chi connectivity index (χ1) is 8.70. The molecule has 0 aliphatic heterocycles. The maximum Gasteiger partial charge on any atom is 0.489 e. The minimum absolute atomic E-state index is 0.158. The van der Waals surface area contributed by atoms with Gasteiger partial charge >= 0.3 is 7.12 Å². The fraction of sp³-hybridized carbons (Fsp3) is 0. The van der Waals surface area contributed by atoms with Crippen LogP contribution in [0, 0.1) is 0 Å². The van der Waals surface area contributed by atoms with Crippen LogP contribution >= 0.6 is 0 Å². The number of hydrogen-bond acceptors (Lipinski definition) is 4. The van der Waals surface area contributed by atoms with Crippen LogP contribution in [0.15, 0.2) is 48.5 Å². The lowest BCUT2D eigenvalue weighted by molar-refractivity contribution is 0.112. The van der Waals surface area contributed by atoms with E-state index in [0.29, 0.717) is 17.8 Å². The first kappa shape index (κ1) is 12.4. The van der Waals surface area contributed by atoms with Crippen molar-refractivity contribution in [2.45, 2.75) is 0 Å². The number of rotatable bonds is 4. The Balaban J connectivity index is 2.28. The average Bonchev–Trinajstić information content (AvgIpc) is 2.39. The molecule has 0 radical (unpaired) electrons. The molecule has 4 nitrogen and oxygen atoms in total. The number of hydrogen-bond donors (Lipinski definition) is 2. The predicted octanol–water partition coefficient (Wildman–Crippen LogP) is 0.971. The number of para-hydroxylation sites is 1. The summed E-state index contributed by atoms with van der Waals surface area (Å²) in [6.45, 7) is 0. The number of ether oxygens (including phenoxy) is 1. The zero-order valence-corrected chi connectivity index (χ0v) is 9.48. The van der Waals surface area contributed by atoms with E-state index in [-0.39, 0.29) is 11.0 Å². The maximum absolute atomic E-state index is 10.9. The van der Waals surface area contributed by atoms with Gasteiger partial charge in [-0.2, -0.15) is 0 Å². The highest BCUT2D eigenvalue weighted by Gasteiger charge is 2.16. The van der Waals surface area contributed by atoms with Crippen LogP contribution in [-0.4, -0.2) is 23.5 Å². The summed E-state index contributed by atoms with van der Waals surface area (Å²) in [6, 6.07) is 13.6. The smallest absolute Gasteiger partial charge is 0.457 e. The Hall–Kier alpha value is -2.11. The summed E-state index contributed by atoms with van der Waals surface area (Å²) in [7, 11) is -1.67. The molecule has 0 aliphatic carbocycles. The maximum atomic E-state index is 10.9. The monoisotopic (exact) mass is 242 g/mol. The van der Waals surface area contributed by atoms with Gasteiger partial charge in [0.15, 0.2) is 0 Å². The second-order valence-corrected chi connectivity index (χ2v) is 3.70. The van der Waals surface area contributed by atoms with Gasteiger partial charge in [0, 0.05) is 5.56 Å². The number of benzene rings is 2. The fourth-order valence-corrected chi connectivity index (χ4v) is 1.58. The van der Waals surface area contributed by atoms with Crippen LogP contribution in [0.3, 0.4) is 0 Å². The van der Waals surface area contributed by atoms with Gasteiger partial charge in [-0.15, -0.1) is 0 Å². The minimum atomic E-state index is -1.67. The van der Waals surface area contributed by atoms with Crippen LogP contribution in [0.1, 0.15) is 10.4 Å². The summed E-state index contributed by atoms with van der Waals surface area (Å²) >= 11 is 0. The van der Waals surface area contributed by atoms with Crippen LogP contribution in [0.4, 0.5) is 0 Å². The molecule has 0 heterocycles. The third kappa shape index (κ3) is 2.77. The van der Waals surface area contributed by atoms with Gasteiger partial charge in [-0.05, 0) is 29.7 Å². The third-order valence-electron chi connectivity index (χ3n) is 2.44. The molecule has 0 atom stereocenters. The fourth-order valence-electron chi connectivity index (χ4n) is 1.58. The van der Waals surface area contributed by atoms with Gasteiger partial charge in [0.25, 0.3) is 0 Å². The van der Waals surface area contributed by atoms with E-state index in [9.17, 15) is 4.79 Å². The standard InChI is InChI=1S/C13H11BO4/c15-9-10-8-12(6-7-13(10)14(16)17)18-11-4-2-1-3-5-11/h1-9,16-17H. The summed E-state index contributed by atoms with van der Waals surface area (Å²) in [5, 5.41) is 18.1. The van der Waals surface area contributed by atoms with E-state index in [1.54, 1.807) is 18.2 Å². The molecule has 0 unspecified atom stereocenters. The Bertz CT molecular complexity index is 540. The lowest BCUT2D eigenvalue weighted by atomic mass is 9.77. The van der Waals surface area contributed by atoms with E-state index in [0.717, 1.165) is 0 Å². The van der Waals surface area contributed by atoms with Crippen molar-refractivity contribution in [1.29, 1.82) is 0 Å². The molecule has 18 heavy (non-hydrogen) atoms. The van der Waals surface area contributed by atoms with Crippen LogP contribution in [-0.2, 0) is 0 Å². The second-order valence-electron chi connectivity index (χ2n) is 3.70. The molecule has 0 fully saturated rings. The van der Waals surface area contributed by atoms with E-state index in [1.807, 2.05) is 18.2 Å². The summed E-state index contributed by atoms with van der Waals surface area (Å²) in [6.07, 6.45) is 0.562. The molecule has 2 N–H and O–H groups in total. The van der Waals surface area contributed by atoms with Crippen molar-refractivity contribution in [1.82, 2.24) is 0 Å². The highest BCUT2D eigenvalue weighted by molar-refractivity contribution is 6.60. The van der Waals surface area contributed by atoms with Gasteiger partial charge in [0.2, 0.25) is 0 Å². The minimum Gasteiger partial charge on any atom is -0.457 e. The van der Waals surface area contributed by atoms with Gasteiger partial charge in [-0.3, -0.25) is 4.79 Å². The first-order valence-corrected chi connectivity index (χ1v) is 5.39. The molecule has 0 saturated carbocycles. The van der Waals surface area contributed by atoms with E-state index in [1.165, 1.54) is 12.1 Å². The SMILES string of the molecule is O=Cc1cc(Oc2ccccc2)ccc1B(O)O. The van der Waals surface area contributed by atoms with Gasteiger partial charge in [0.1, 0.15) is 17.8 Å². The summed E-state index contributed by atoms with van der Waals surface area (Å²) in [5.41, 5.74) is 0.351. The van der Waals surface area contributed by atoms with Crippen molar-refractivity contribution in [2.75, 3.05) is 0 Å². The Morgan fingerprint density at radius 2 is 1.72 bits per heavy atom. The molecule has 90 valence electrons. The Kier molecular flexibility index (Phi) is 3.77. The van der Waals surface area contributed by atoms with Crippen molar-refractivity contribution in [3.63, 3.8) is 0 Å². The molecule has 0 spiro atoms. The van der Waals surface area contributed by atoms with E-state index >= 15 is 0 Å². The van der Waals surface area contributed by atoms with Gasteiger partial charge in [0.05, 0.1) is 0 Å². The molecular formula is C13H11BO4.